The Hall–Kier alpha value is -3.41. The van der Waals surface area contributed by atoms with Gasteiger partial charge in [-0.15, -0.1) is 0 Å². The van der Waals surface area contributed by atoms with Crippen molar-refractivity contribution in [3.05, 3.63) is 58.2 Å². The highest BCUT2D eigenvalue weighted by Gasteiger charge is 2.33. The molecule has 2 aliphatic rings. The average molecular weight is 628 g/mol. The van der Waals surface area contributed by atoms with Gasteiger partial charge in [-0.25, -0.2) is 13.4 Å². The second-order valence-corrected chi connectivity index (χ2v) is 14.5. The van der Waals surface area contributed by atoms with Crippen LogP contribution in [0, 0.1) is 6.92 Å². The molecule has 0 unspecified atom stereocenters. The van der Waals surface area contributed by atoms with Crippen molar-refractivity contribution in [1.82, 2.24) is 14.9 Å². The van der Waals surface area contributed by atoms with E-state index in [0.717, 1.165) is 41.8 Å². The summed E-state index contributed by atoms with van der Waals surface area (Å²) in [6, 6.07) is 8.70. The van der Waals surface area contributed by atoms with Crippen LogP contribution in [0.4, 0.5) is 23.1 Å². The van der Waals surface area contributed by atoms with Crippen LogP contribution in [-0.4, -0.2) is 64.8 Å². The van der Waals surface area contributed by atoms with Crippen LogP contribution in [0.1, 0.15) is 63.1 Å². The number of anilines is 4. The minimum atomic E-state index is -3.55. The number of halogens is 1. The van der Waals surface area contributed by atoms with E-state index in [1.807, 2.05) is 13.0 Å². The molecule has 2 aromatic carbocycles. The molecule has 3 aromatic rings. The Bertz CT molecular complexity index is 1640. The van der Waals surface area contributed by atoms with E-state index in [1.54, 1.807) is 43.0 Å². The molecule has 0 aliphatic carbocycles. The minimum Gasteiger partial charge on any atom is -0.488 e. The monoisotopic (exact) mass is 627 g/mol. The molecule has 0 bridgehead atoms. The molecule has 3 heterocycles. The van der Waals surface area contributed by atoms with Gasteiger partial charge in [0.1, 0.15) is 23.0 Å². The van der Waals surface area contributed by atoms with Crippen molar-refractivity contribution in [2.24, 2.45) is 0 Å². The van der Waals surface area contributed by atoms with Gasteiger partial charge in [0.25, 0.3) is 5.91 Å². The standard InChI is InChI=1S/C31H38ClN5O5S/c1-17(2)43(40,41)26-9-7-6-8-24(26)34-29-23(32)16-33-31(36-29)35-25-14-18(3)27(22-15-19(4)42-28(22)25)21-10-12-37(13-11-21)30(39)20(5)38/h6-9,14,16-17,19-21,38H,10-13,15H2,1-5H3,(H2,33,34,35,36)/t19-,20-/m1/s1. The van der Waals surface area contributed by atoms with E-state index in [4.69, 9.17) is 16.3 Å². The predicted octanol–water partition coefficient (Wildman–Crippen LogP) is 5.52. The van der Waals surface area contributed by atoms with Gasteiger partial charge in [-0.1, -0.05) is 23.7 Å². The number of para-hydroxylation sites is 1. The summed E-state index contributed by atoms with van der Waals surface area (Å²) in [6.45, 7) is 10.1. The maximum Gasteiger partial charge on any atom is 0.251 e. The summed E-state index contributed by atoms with van der Waals surface area (Å²) in [5.74, 6) is 1.36. The third-order valence-electron chi connectivity index (χ3n) is 8.07. The lowest BCUT2D eigenvalue weighted by Gasteiger charge is -2.34. The molecule has 230 valence electrons. The third-order valence-corrected chi connectivity index (χ3v) is 10.6. The molecule has 0 spiro atoms. The van der Waals surface area contributed by atoms with Crippen molar-refractivity contribution in [3.63, 3.8) is 0 Å². The number of rotatable bonds is 8. The van der Waals surface area contributed by atoms with Crippen LogP contribution in [0.2, 0.25) is 5.02 Å². The number of piperidine rings is 1. The van der Waals surface area contributed by atoms with Gasteiger partial charge < -0.3 is 25.4 Å². The fourth-order valence-electron chi connectivity index (χ4n) is 5.90. The maximum atomic E-state index is 13.0. The number of likely N-dealkylation sites (tertiary alicyclic amines) is 1. The molecule has 12 heteroatoms. The molecule has 0 radical (unpaired) electrons. The SMILES string of the molecule is Cc1cc(Nc2ncc(Cl)c(Nc3ccccc3S(=O)(=O)C(C)C)n2)c2c(c1C1CCN(C(=O)[C@@H](C)O)CC1)C[C@@H](C)O2. The zero-order valence-corrected chi connectivity index (χ0v) is 26.6. The molecule has 43 heavy (non-hydrogen) atoms. The number of amides is 1. The molecule has 1 aromatic heterocycles. The number of fused-ring (bicyclic) bond motifs is 1. The first-order valence-electron chi connectivity index (χ1n) is 14.6. The van der Waals surface area contributed by atoms with Crippen LogP contribution in [0.3, 0.4) is 0 Å². The minimum absolute atomic E-state index is 0.00391. The Morgan fingerprint density at radius 2 is 1.84 bits per heavy atom. The van der Waals surface area contributed by atoms with Gasteiger partial charge in [0.2, 0.25) is 5.95 Å². The Balaban J connectivity index is 1.42. The Morgan fingerprint density at radius 1 is 1.14 bits per heavy atom. The maximum absolute atomic E-state index is 13.0. The van der Waals surface area contributed by atoms with E-state index in [1.165, 1.54) is 18.7 Å². The van der Waals surface area contributed by atoms with E-state index in [2.05, 4.69) is 27.5 Å². The van der Waals surface area contributed by atoms with Gasteiger partial charge in [0.05, 0.1) is 27.7 Å². The van der Waals surface area contributed by atoms with Gasteiger partial charge in [0, 0.05) is 25.1 Å². The summed E-state index contributed by atoms with van der Waals surface area (Å²) in [5, 5.41) is 15.8. The largest absolute Gasteiger partial charge is 0.488 e. The number of carbonyl (C=O) groups is 1. The number of carbonyl (C=O) groups excluding carboxylic acids is 1. The number of benzene rings is 2. The molecule has 10 nitrogen and oxygen atoms in total. The summed E-state index contributed by atoms with van der Waals surface area (Å²) in [5.41, 5.74) is 4.63. The third kappa shape index (κ3) is 6.30. The van der Waals surface area contributed by atoms with Crippen LogP contribution in [-0.2, 0) is 21.1 Å². The first-order chi connectivity index (χ1) is 20.4. The molecule has 1 fully saturated rings. The number of hydrogen-bond acceptors (Lipinski definition) is 9. The summed E-state index contributed by atoms with van der Waals surface area (Å²) < 4.78 is 32.2. The van der Waals surface area contributed by atoms with Crippen molar-refractivity contribution in [2.75, 3.05) is 23.7 Å². The second kappa shape index (κ2) is 12.3. The number of sulfone groups is 1. The Labute approximate surface area is 257 Å². The number of aliphatic hydroxyl groups is 1. The first-order valence-corrected chi connectivity index (χ1v) is 16.5. The molecule has 2 aliphatic heterocycles. The fourth-order valence-corrected chi connectivity index (χ4v) is 7.24. The van der Waals surface area contributed by atoms with Gasteiger partial charge >= 0.3 is 0 Å². The van der Waals surface area contributed by atoms with Crippen molar-refractivity contribution in [2.45, 2.75) is 82.2 Å². The smallest absolute Gasteiger partial charge is 0.251 e. The number of hydrogen-bond donors (Lipinski definition) is 3. The van der Waals surface area contributed by atoms with E-state index in [9.17, 15) is 18.3 Å². The molecule has 1 amide bonds. The Morgan fingerprint density at radius 3 is 2.51 bits per heavy atom. The number of nitrogens with one attached hydrogen (secondary N) is 2. The molecule has 5 rings (SSSR count). The number of aryl methyl sites for hydroxylation is 1. The van der Waals surface area contributed by atoms with Gasteiger partial charge in [-0.3, -0.25) is 4.79 Å². The van der Waals surface area contributed by atoms with E-state index in [-0.39, 0.29) is 39.6 Å². The molecular formula is C31H38ClN5O5S. The van der Waals surface area contributed by atoms with E-state index >= 15 is 0 Å². The van der Waals surface area contributed by atoms with Gasteiger partial charge in [-0.2, -0.15) is 4.98 Å². The van der Waals surface area contributed by atoms with Crippen LogP contribution in [0.25, 0.3) is 0 Å². The summed E-state index contributed by atoms with van der Waals surface area (Å²) >= 11 is 6.44. The van der Waals surface area contributed by atoms with Gasteiger partial charge in [-0.05, 0) is 82.7 Å². The highest BCUT2D eigenvalue weighted by molar-refractivity contribution is 7.92. The lowest BCUT2D eigenvalue weighted by molar-refractivity contribution is -0.140. The Kier molecular flexibility index (Phi) is 8.87. The van der Waals surface area contributed by atoms with Crippen LogP contribution in [0.15, 0.2) is 41.4 Å². The van der Waals surface area contributed by atoms with Crippen LogP contribution >= 0.6 is 11.6 Å². The number of ether oxygens (including phenoxy) is 1. The number of aliphatic hydroxyl groups excluding tert-OH is 1. The molecule has 2 atom stereocenters. The quantitative estimate of drug-likeness (QED) is 0.295. The zero-order valence-electron chi connectivity index (χ0n) is 25.0. The van der Waals surface area contributed by atoms with Crippen molar-refractivity contribution < 1.29 is 23.1 Å². The van der Waals surface area contributed by atoms with Crippen molar-refractivity contribution in [1.29, 1.82) is 0 Å². The van der Waals surface area contributed by atoms with Crippen LogP contribution < -0.4 is 15.4 Å². The second-order valence-electron chi connectivity index (χ2n) is 11.6. The lowest BCUT2D eigenvalue weighted by Crippen LogP contribution is -2.42. The highest BCUT2D eigenvalue weighted by Crippen LogP contribution is 2.46. The predicted molar refractivity (Wildman–Crippen MR) is 168 cm³/mol. The van der Waals surface area contributed by atoms with Crippen molar-refractivity contribution in [3.8, 4) is 5.75 Å². The summed E-state index contributed by atoms with van der Waals surface area (Å²) in [4.78, 5) is 23.2. The highest BCUT2D eigenvalue weighted by atomic mass is 35.5. The molecule has 0 saturated carbocycles. The topological polar surface area (TPSA) is 134 Å². The molecule has 1 saturated heterocycles. The van der Waals surface area contributed by atoms with Crippen LogP contribution in [0.5, 0.6) is 5.75 Å². The summed E-state index contributed by atoms with van der Waals surface area (Å²) in [7, 11) is -3.55. The lowest BCUT2D eigenvalue weighted by atomic mass is 9.82. The van der Waals surface area contributed by atoms with E-state index < -0.39 is 21.2 Å². The summed E-state index contributed by atoms with van der Waals surface area (Å²) in [6.07, 6.45) is 2.87. The number of aromatic nitrogens is 2. The zero-order chi connectivity index (χ0) is 31.1. The molecular weight excluding hydrogens is 590 g/mol. The van der Waals surface area contributed by atoms with Crippen molar-refractivity contribution >= 4 is 50.5 Å². The average Bonchev–Trinajstić information content (AvgIpc) is 3.36. The molecule has 3 N–H and O–H groups in total. The fraction of sp³-hybridized carbons (Fsp3) is 0.452. The van der Waals surface area contributed by atoms with E-state index in [0.29, 0.717) is 18.8 Å². The first kappa shape index (κ1) is 31.0. The van der Waals surface area contributed by atoms with Gasteiger partial charge in [0.15, 0.2) is 15.7 Å². The normalized spacial score (nSPS) is 17.9. The number of nitrogens with zero attached hydrogens (tertiary/aromatic N) is 3.